The van der Waals surface area contributed by atoms with E-state index in [0.717, 1.165) is 94.1 Å². The Bertz CT molecular complexity index is 4050. The minimum atomic E-state index is -1.15. The molecule has 528 valence electrons. The molecular formula is C78H84Cl2N2O18. The van der Waals surface area contributed by atoms with Gasteiger partial charge in [-0.2, -0.15) is 24.1 Å². The van der Waals surface area contributed by atoms with Crippen molar-refractivity contribution in [2.24, 2.45) is 71.0 Å². The predicted molar refractivity (Wildman–Crippen MR) is 365 cm³/mol. The first-order valence-electron chi connectivity index (χ1n) is 34.5. The fourth-order valence-corrected chi connectivity index (χ4v) is 20.7. The molecule has 5 heterocycles. The third kappa shape index (κ3) is 11.9. The minimum Gasteiger partial charge on any atom is -0.496 e. The maximum Gasteiger partial charge on any atom is 0.373 e. The highest BCUT2D eigenvalue weighted by Crippen LogP contribution is 2.70. The van der Waals surface area contributed by atoms with Gasteiger partial charge in [-0.15, -0.1) is 0 Å². The van der Waals surface area contributed by atoms with E-state index in [1.165, 1.54) is 53.9 Å². The van der Waals surface area contributed by atoms with Crippen molar-refractivity contribution in [2.45, 2.75) is 155 Å². The lowest BCUT2D eigenvalue weighted by Crippen LogP contribution is -2.76. The molecule has 20 nitrogen and oxygen atoms in total. The number of β-lactam (4-membered cyclic amide) rings is 2. The minimum absolute atomic E-state index is 0.00481. The van der Waals surface area contributed by atoms with E-state index in [-0.39, 0.29) is 72.6 Å². The van der Waals surface area contributed by atoms with Crippen molar-refractivity contribution >= 4 is 88.3 Å². The fraction of sp³-hybridized carbons (Fsp3) is 0.487. The SMILES string of the molecule is C/C=C/c1ccc(C(OC)=C2C3CC4CC(C3)CC2C4)c(Cl)c1OCc1ccc(C2=C(C(=O)O)N3C(=O)[C@H]([C@@H](C)O)[C@H]3[C@H]2C)cc1.C/C=C/c1ccc(C2(OC)OOC23C2CC4CC(C2)CC3C4)c(Cl)c1OCc1ccc(C2=C(C(=O)O)N3C(=O)[C@H]([C@@H](C)O)[C@H]3[C@H]2C)cc1.O=C=O.O=C=O. The number of rotatable bonds is 18. The number of aliphatic carboxylic acids is 2. The summed E-state index contributed by atoms with van der Waals surface area (Å²) in [6, 6.07) is 22.4. The van der Waals surface area contributed by atoms with E-state index in [0.29, 0.717) is 61.9 Å². The van der Waals surface area contributed by atoms with Crippen LogP contribution in [0.5, 0.6) is 11.5 Å². The Hall–Kier alpha value is -8.00. The highest BCUT2D eigenvalue weighted by atomic mass is 35.5. The second-order valence-corrected chi connectivity index (χ2v) is 29.6. The van der Waals surface area contributed by atoms with Gasteiger partial charge in [0.25, 0.3) is 5.79 Å². The van der Waals surface area contributed by atoms with Crippen LogP contribution >= 0.6 is 23.2 Å². The number of nitrogens with zero attached hydrogens (tertiary/aromatic N) is 2. The number of fused-ring (bicyclic) bond motifs is 2. The molecule has 8 bridgehead atoms. The molecule has 9 atom stereocenters. The van der Waals surface area contributed by atoms with E-state index in [1.807, 2.05) is 119 Å². The predicted octanol–water partition coefficient (Wildman–Crippen LogP) is 12.8. The molecule has 17 rings (SSSR count). The Labute approximate surface area is 590 Å². The number of methoxy groups -OCH3 is 2. The van der Waals surface area contributed by atoms with E-state index in [9.17, 15) is 39.6 Å². The molecule has 5 aliphatic heterocycles. The van der Waals surface area contributed by atoms with Gasteiger partial charge in [0.2, 0.25) is 11.8 Å². The summed E-state index contributed by atoms with van der Waals surface area (Å²) in [6.07, 6.45) is 18.9. The van der Waals surface area contributed by atoms with Gasteiger partial charge >= 0.3 is 24.2 Å². The first-order valence-corrected chi connectivity index (χ1v) is 35.3. The number of halogens is 2. The van der Waals surface area contributed by atoms with Gasteiger partial charge in [-0.3, -0.25) is 9.59 Å². The second-order valence-electron chi connectivity index (χ2n) is 28.8. The highest BCUT2D eigenvalue weighted by Gasteiger charge is 2.77. The fourth-order valence-electron chi connectivity index (χ4n) is 20.0. The molecule has 1 spiro atoms. The average molecular weight is 1410 g/mol. The van der Waals surface area contributed by atoms with Crippen molar-refractivity contribution in [1.82, 2.24) is 9.80 Å². The average Bonchev–Trinajstić information content (AvgIpc) is 1.04. The molecule has 2 amide bonds. The van der Waals surface area contributed by atoms with Gasteiger partial charge in [0, 0.05) is 41.2 Å². The van der Waals surface area contributed by atoms with Gasteiger partial charge in [-0.05, 0) is 184 Å². The first kappa shape index (κ1) is 71.8. The number of hydrogen-bond donors (Lipinski definition) is 4. The third-order valence-corrected chi connectivity index (χ3v) is 24.3. The number of carbonyl (C=O) groups is 4. The summed E-state index contributed by atoms with van der Waals surface area (Å²) in [5, 5.41) is 41.5. The Morgan fingerprint density at radius 3 is 1.36 bits per heavy atom. The molecule has 11 fully saturated rings. The number of aliphatic hydroxyl groups excluding tert-OH is 2. The molecule has 0 aromatic heterocycles. The lowest BCUT2D eigenvalue weighted by Gasteiger charge is -2.68. The standard InChI is InChI=1S/C38H42ClNO8.C38H42ClNO6.2CO2/c1-5-6-25-11-12-28(38(45-4)37(47-48-38)26-14-22-13-23(16-26)17-27(37)15-22)31(39)34(25)46-18-21-7-9-24(10-8-21)29-19(2)32-30(20(3)41)35(42)40(32)33(29)36(43)44;1-5-6-25-11-12-28(36(45-4)31-26-14-22-13-23(16-26)17-27(31)15-22)32(39)35(25)46-18-21-7-9-24(10-8-21)29-19(2)33-30(20(3)41)37(42)40(33)34(29)38(43)44;2*2-1-3/h5-12,19-20,22-23,26-27,30,32,41H,13-18H2,1-4H3,(H,43,44);5-12,19-20,22-23,26-27,30,33,41H,13-18H2,1-4H3,(H,43,44);;/b6-5+;6-5+,36-31?;;/t19-,20+,22?,23?,26?,27?,30+,32+,37?,38?;19-,20+,22?,23?,26?,27?,30+,33+;;/m00../s1. The van der Waals surface area contributed by atoms with Crippen LogP contribution in [0.4, 0.5) is 0 Å². The topological polar surface area (TPSA) is 279 Å². The quantitative estimate of drug-likeness (QED) is 0.0409. The van der Waals surface area contributed by atoms with Crippen LogP contribution in [0.15, 0.2) is 102 Å². The summed E-state index contributed by atoms with van der Waals surface area (Å²) >= 11 is 14.4. The van der Waals surface area contributed by atoms with E-state index in [2.05, 4.69) is 6.07 Å². The first-order chi connectivity index (χ1) is 48.0. The number of amides is 2. The van der Waals surface area contributed by atoms with Crippen molar-refractivity contribution in [3.63, 3.8) is 0 Å². The largest absolute Gasteiger partial charge is 0.496 e. The number of benzene rings is 4. The zero-order valence-electron chi connectivity index (χ0n) is 57.1. The summed E-state index contributed by atoms with van der Waals surface area (Å²) in [6.45, 7) is 11.4. The normalized spacial score (nSPS) is 31.7. The van der Waals surface area contributed by atoms with Crippen LogP contribution in [-0.2, 0) is 76.6 Å². The lowest BCUT2D eigenvalue weighted by molar-refractivity contribution is -0.645. The van der Waals surface area contributed by atoms with Gasteiger partial charge in [-0.25, -0.2) is 14.5 Å². The molecule has 8 saturated carbocycles. The van der Waals surface area contributed by atoms with Gasteiger partial charge in [0.15, 0.2) is 5.60 Å². The summed E-state index contributed by atoms with van der Waals surface area (Å²) in [4.78, 5) is 97.5. The molecule has 4 aromatic carbocycles. The molecule has 13 aliphatic rings. The molecule has 0 radical (unpaired) electrons. The van der Waals surface area contributed by atoms with Gasteiger partial charge in [0.1, 0.15) is 41.9 Å². The summed E-state index contributed by atoms with van der Waals surface area (Å²) in [7, 11) is 3.43. The monoisotopic (exact) mass is 1410 g/mol. The van der Waals surface area contributed by atoms with Gasteiger partial charge in [0.05, 0.1) is 53.3 Å². The number of ether oxygens (including phenoxy) is 4. The Balaban J connectivity index is 0.000000176. The number of carbonyl (C=O) groups excluding carboxylic acids is 6. The number of carboxylic acid groups (broad SMARTS) is 2. The van der Waals surface area contributed by atoms with Crippen LogP contribution in [0.2, 0.25) is 10.0 Å². The van der Waals surface area contributed by atoms with Gasteiger partial charge in [-0.1, -0.05) is 128 Å². The number of allylic oxidation sites excluding steroid dienone is 3. The van der Waals surface area contributed by atoms with E-state index in [1.54, 1.807) is 28.1 Å². The smallest absolute Gasteiger partial charge is 0.373 e. The maximum atomic E-state index is 12.8. The Kier molecular flexibility index (Phi) is 20.7. The third-order valence-electron chi connectivity index (χ3n) is 23.5. The van der Waals surface area contributed by atoms with Crippen molar-refractivity contribution in [1.29, 1.82) is 0 Å². The second kappa shape index (κ2) is 28.8. The molecule has 100 heavy (non-hydrogen) atoms. The van der Waals surface area contributed by atoms with Crippen molar-refractivity contribution in [3.05, 3.63) is 156 Å². The summed E-state index contributed by atoms with van der Waals surface area (Å²) < 4.78 is 25.3. The molecule has 4 aromatic rings. The maximum absolute atomic E-state index is 12.8. The van der Waals surface area contributed by atoms with Crippen molar-refractivity contribution in [2.75, 3.05) is 14.2 Å². The van der Waals surface area contributed by atoms with Crippen LogP contribution < -0.4 is 9.47 Å². The van der Waals surface area contributed by atoms with Crippen molar-refractivity contribution < 1.29 is 87.5 Å². The number of aliphatic hydroxyl groups is 2. The highest BCUT2D eigenvalue weighted by molar-refractivity contribution is 6.34. The Morgan fingerprint density at radius 2 is 1.00 bits per heavy atom. The summed E-state index contributed by atoms with van der Waals surface area (Å²) in [5.74, 6) is 1.28. The van der Waals surface area contributed by atoms with Crippen LogP contribution in [0.3, 0.4) is 0 Å². The van der Waals surface area contributed by atoms with Crippen LogP contribution in [0.1, 0.15) is 150 Å². The van der Waals surface area contributed by atoms with E-state index in [4.69, 9.17) is 71.1 Å². The van der Waals surface area contributed by atoms with Crippen molar-refractivity contribution in [3.8, 4) is 11.5 Å². The molecule has 8 aliphatic carbocycles. The van der Waals surface area contributed by atoms with E-state index < -0.39 is 47.4 Å². The lowest BCUT2D eigenvalue weighted by atomic mass is 9.47. The van der Waals surface area contributed by atoms with Crippen LogP contribution in [-0.4, -0.2) is 110 Å². The number of carboxylic acids is 2. The Morgan fingerprint density at radius 1 is 0.600 bits per heavy atom. The van der Waals surface area contributed by atoms with Gasteiger partial charge < -0.3 is 49.2 Å². The molecule has 4 N–H and O–H groups in total. The number of hydrogen-bond acceptors (Lipinski definition) is 16. The van der Waals surface area contributed by atoms with Crippen LogP contribution in [0.25, 0.3) is 29.1 Å². The molecule has 1 unspecified atom stereocenters. The molecule has 22 heteroatoms. The molecular weight excluding hydrogens is 1320 g/mol. The zero-order valence-corrected chi connectivity index (χ0v) is 58.6. The van der Waals surface area contributed by atoms with E-state index >= 15 is 0 Å². The molecule has 3 saturated heterocycles. The van der Waals surface area contributed by atoms with Crippen LogP contribution in [0, 0.1) is 71.0 Å². The zero-order chi connectivity index (χ0) is 71.5. The summed E-state index contributed by atoms with van der Waals surface area (Å²) in [5.41, 5.74) is 8.57.